The van der Waals surface area contributed by atoms with Crippen LogP contribution in [0.1, 0.15) is 0 Å². The van der Waals surface area contributed by atoms with Gasteiger partial charge in [0.2, 0.25) is 0 Å². The Hall–Kier alpha value is -4.80. The third-order valence-corrected chi connectivity index (χ3v) is 8.73. The lowest BCUT2D eigenvalue weighted by molar-refractivity contribution is 0.669. The monoisotopic (exact) mass is 577 g/mol. The molecule has 6 aromatic carbocycles. The topological polar surface area (TPSA) is 31.2 Å². The third-order valence-electron chi connectivity index (χ3n) is 8.07. The van der Waals surface area contributed by atoms with E-state index in [1.54, 1.807) is 0 Å². The zero-order valence-electron chi connectivity index (χ0n) is 21.2. The van der Waals surface area contributed by atoms with E-state index in [4.69, 9.17) is 8.83 Å². The van der Waals surface area contributed by atoms with Crippen molar-refractivity contribution in [1.82, 2.24) is 4.57 Å². The summed E-state index contributed by atoms with van der Waals surface area (Å²) in [5.74, 6) is 0. The highest BCUT2D eigenvalue weighted by Gasteiger charge is 2.19. The zero-order valence-corrected chi connectivity index (χ0v) is 22.8. The summed E-state index contributed by atoms with van der Waals surface area (Å²) in [6.45, 7) is 0. The molecule has 0 aliphatic rings. The van der Waals surface area contributed by atoms with Gasteiger partial charge < -0.3 is 13.4 Å². The average Bonchev–Trinajstić information content (AvgIpc) is 3.66. The predicted molar refractivity (Wildman–Crippen MR) is 168 cm³/mol. The summed E-state index contributed by atoms with van der Waals surface area (Å²) >= 11 is 3.73. The minimum absolute atomic E-state index is 0.885. The summed E-state index contributed by atoms with van der Waals surface area (Å²) in [6.07, 6.45) is 0. The average molecular weight is 578 g/mol. The standard InChI is InChI=1S/C36H20BrNO2/c37-28-10-6-12-33-34(28)27-19-21(14-18-32(27)39-33)22-13-15-26-30(20-22)38(23-7-2-1-3-8-23)29-17-16-25-24-9-4-5-11-31(24)40-36(25)35(26)29/h1-20H. The van der Waals surface area contributed by atoms with Gasteiger partial charge in [0.25, 0.3) is 0 Å². The van der Waals surface area contributed by atoms with Gasteiger partial charge in [-0.2, -0.15) is 0 Å². The number of hydrogen-bond acceptors (Lipinski definition) is 2. The largest absolute Gasteiger partial charge is 0.456 e. The second-order valence-electron chi connectivity index (χ2n) is 10.3. The fourth-order valence-corrected chi connectivity index (χ4v) is 6.84. The van der Waals surface area contributed by atoms with Crippen LogP contribution >= 0.6 is 15.9 Å². The molecule has 0 radical (unpaired) electrons. The Morgan fingerprint density at radius 1 is 0.475 bits per heavy atom. The zero-order chi connectivity index (χ0) is 26.4. The van der Waals surface area contributed by atoms with Gasteiger partial charge in [0.1, 0.15) is 22.3 Å². The van der Waals surface area contributed by atoms with E-state index >= 15 is 0 Å². The van der Waals surface area contributed by atoms with Crippen LogP contribution in [0.3, 0.4) is 0 Å². The Morgan fingerprint density at radius 3 is 2.15 bits per heavy atom. The van der Waals surface area contributed by atoms with E-state index in [9.17, 15) is 0 Å². The van der Waals surface area contributed by atoms with E-state index in [-0.39, 0.29) is 0 Å². The third kappa shape index (κ3) is 3.00. The summed E-state index contributed by atoms with van der Waals surface area (Å²) in [7, 11) is 0. The number of benzene rings is 6. The summed E-state index contributed by atoms with van der Waals surface area (Å²) in [6, 6.07) is 42.6. The van der Waals surface area contributed by atoms with Crippen molar-refractivity contribution in [2.75, 3.05) is 0 Å². The van der Waals surface area contributed by atoms with Crippen LogP contribution in [0.2, 0.25) is 0 Å². The second-order valence-corrected chi connectivity index (χ2v) is 11.1. The number of para-hydroxylation sites is 2. The molecule has 0 amide bonds. The molecule has 0 fully saturated rings. The lowest BCUT2D eigenvalue weighted by Crippen LogP contribution is -1.93. The van der Waals surface area contributed by atoms with E-state index in [0.29, 0.717) is 0 Å². The fraction of sp³-hybridized carbons (Fsp3) is 0. The maximum absolute atomic E-state index is 6.50. The van der Waals surface area contributed by atoms with E-state index in [1.165, 1.54) is 5.39 Å². The van der Waals surface area contributed by atoms with Crippen molar-refractivity contribution < 1.29 is 8.83 Å². The molecule has 0 spiro atoms. The maximum Gasteiger partial charge on any atom is 0.145 e. The Labute approximate surface area is 237 Å². The molecule has 3 nitrogen and oxygen atoms in total. The highest BCUT2D eigenvalue weighted by Crippen LogP contribution is 2.42. The summed E-state index contributed by atoms with van der Waals surface area (Å²) < 4.78 is 16.0. The first-order chi connectivity index (χ1) is 19.7. The molecule has 0 N–H and O–H groups in total. The van der Waals surface area contributed by atoms with Crippen molar-refractivity contribution in [2.45, 2.75) is 0 Å². The summed E-state index contributed by atoms with van der Waals surface area (Å²) in [5, 5.41) is 6.80. The molecular formula is C36H20BrNO2. The van der Waals surface area contributed by atoms with Gasteiger partial charge in [-0.1, -0.05) is 76.6 Å². The summed E-state index contributed by atoms with van der Waals surface area (Å²) in [5.41, 5.74) is 9.30. The SMILES string of the molecule is Brc1cccc2oc3ccc(-c4ccc5c6c7oc8ccccc8c7ccc6n(-c6ccccc6)c5c4)cc3c12. The van der Waals surface area contributed by atoms with E-state index in [2.05, 4.69) is 118 Å². The van der Waals surface area contributed by atoms with Gasteiger partial charge in [-0.15, -0.1) is 0 Å². The second kappa shape index (κ2) is 8.10. The highest BCUT2D eigenvalue weighted by atomic mass is 79.9. The minimum Gasteiger partial charge on any atom is -0.456 e. The van der Waals surface area contributed by atoms with Gasteiger partial charge in [0.05, 0.1) is 16.4 Å². The Bertz CT molecular complexity index is 2440. The van der Waals surface area contributed by atoms with Crippen LogP contribution in [0.15, 0.2) is 135 Å². The van der Waals surface area contributed by atoms with Crippen LogP contribution in [0.4, 0.5) is 0 Å². The number of halogens is 1. The van der Waals surface area contributed by atoms with Gasteiger partial charge in [-0.25, -0.2) is 0 Å². The quantitative estimate of drug-likeness (QED) is 0.204. The molecule has 0 aliphatic heterocycles. The van der Waals surface area contributed by atoms with Crippen molar-refractivity contribution in [3.05, 3.63) is 126 Å². The van der Waals surface area contributed by atoms with Gasteiger partial charge in [0.15, 0.2) is 0 Å². The van der Waals surface area contributed by atoms with E-state index in [0.717, 1.165) is 81.6 Å². The lowest BCUT2D eigenvalue weighted by Gasteiger charge is -2.09. The first kappa shape index (κ1) is 22.1. The van der Waals surface area contributed by atoms with Crippen molar-refractivity contribution in [3.63, 3.8) is 0 Å². The molecule has 40 heavy (non-hydrogen) atoms. The molecule has 3 heterocycles. The van der Waals surface area contributed by atoms with Crippen molar-refractivity contribution >= 4 is 81.6 Å². The first-order valence-electron chi connectivity index (χ1n) is 13.3. The van der Waals surface area contributed by atoms with E-state index < -0.39 is 0 Å². The molecule has 3 aromatic heterocycles. The maximum atomic E-state index is 6.50. The van der Waals surface area contributed by atoms with Crippen LogP contribution in [-0.2, 0) is 0 Å². The Kier molecular flexibility index (Phi) is 4.47. The molecule has 0 bridgehead atoms. The smallest absolute Gasteiger partial charge is 0.145 e. The molecular weight excluding hydrogens is 558 g/mol. The Balaban J connectivity index is 1.37. The molecule has 0 atom stereocenters. The van der Waals surface area contributed by atoms with Gasteiger partial charge in [-0.05, 0) is 71.8 Å². The summed E-state index contributed by atoms with van der Waals surface area (Å²) in [4.78, 5) is 0. The lowest BCUT2D eigenvalue weighted by atomic mass is 10.0. The number of hydrogen-bond donors (Lipinski definition) is 0. The van der Waals surface area contributed by atoms with Crippen molar-refractivity contribution in [2.24, 2.45) is 0 Å². The van der Waals surface area contributed by atoms with Gasteiger partial charge >= 0.3 is 0 Å². The van der Waals surface area contributed by atoms with Crippen molar-refractivity contribution in [3.8, 4) is 16.8 Å². The molecule has 0 unspecified atom stereocenters. The normalized spacial score (nSPS) is 12.1. The van der Waals surface area contributed by atoms with Crippen LogP contribution in [0, 0.1) is 0 Å². The van der Waals surface area contributed by atoms with Gasteiger partial charge in [-0.3, -0.25) is 0 Å². The Morgan fingerprint density at radius 2 is 1.23 bits per heavy atom. The van der Waals surface area contributed by atoms with Crippen LogP contribution < -0.4 is 0 Å². The fourth-order valence-electron chi connectivity index (χ4n) is 6.28. The van der Waals surface area contributed by atoms with Crippen LogP contribution in [0.5, 0.6) is 0 Å². The number of fused-ring (bicyclic) bond motifs is 10. The molecule has 188 valence electrons. The molecule has 0 aliphatic carbocycles. The van der Waals surface area contributed by atoms with Gasteiger partial charge in [0, 0.05) is 37.1 Å². The van der Waals surface area contributed by atoms with Crippen LogP contribution in [0.25, 0.3) is 82.5 Å². The molecule has 0 saturated carbocycles. The molecule has 9 aromatic rings. The van der Waals surface area contributed by atoms with E-state index in [1.807, 2.05) is 24.3 Å². The molecule has 9 rings (SSSR count). The number of nitrogens with zero attached hydrogens (tertiary/aromatic N) is 1. The number of rotatable bonds is 2. The molecule has 4 heteroatoms. The highest BCUT2D eigenvalue weighted by molar-refractivity contribution is 9.10. The predicted octanol–water partition coefficient (Wildman–Crippen LogP) is 11.0. The molecule has 0 saturated heterocycles. The number of aromatic nitrogens is 1. The van der Waals surface area contributed by atoms with Crippen LogP contribution in [-0.4, -0.2) is 4.57 Å². The number of furan rings is 2. The minimum atomic E-state index is 0.885. The first-order valence-corrected chi connectivity index (χ1v) is 14.1. The van der Waals surface area contributed by atoms with Crippen molar-refractivity contribution in [1.29, 1.82) is 0 Å².